The van der Waals surface area contributed by atoms with E-state index in [-0.39, 0.29) is 0 Å². The van der Waals surface area contributed by atoms with E-state index < -0.39 is 0 Å². The van der Waals surface area contributed by atoms with Crippen LogP contribution in [0.4, 0.5) is 0 Å². The molecule has 0 radical (unpaired) electrons. The number of benzene rings is 2. The third kappa shape index (κ3) is 2.54. The Kier molecular flexibility index (Phi) is 3.65. The molecule has 1 nitrogen and oxygen atoms in total. The molecule has 2 atom stereocenters. The van der Waals surface area contributed by atoms with Gasteiger partial charge in [0.1, 0.15) is 5.75 Å². The fraction of sp³-hybridized carbons (Fsp3) is 0.429. The topological polar surface area (TPSA) is 9.23 Å². The maximum absolute atomic E-state index is 5.74. The first kappa shape index (κ1) is 13.9. The highest BCUT2D eigenvalue weighted by Crippen LogP contribution is 2.45. The highest BCUT2D eigenvalue weighted by molar-refractivity contribution is 5.42. The van der Waals surface area contributed by atoms with Gasteiger partial charge in [-0.2, -0.15) is 0 Å². The van der Waals surface area contributed by atoms with Crippen molar-refractivity contribution >= 4 is 0 Å². The molecule has 1 saturated carbocycles. The van der Waals surface area contributed by atoms with Gasteiger partial charge >= 0.3 is 0 Å². The van der Waals surface area contributed by atoms with Gasteiger partial charge in [0.15, 0.2) is 0 Å². The van der Waals surface area contributed by atoms with Crippen molar-refractivity contribution < 1.29 is 4.74 Å². The third-order valence-corrected chi connectivity index (χ3v) is 5.49. The zero-order valence-corrected chi connectivity index (χ0v) is 13.3. The van der Waals surface area contributed by atoms with E-state index in [2.05, 4.69) is 49.4 Å². The van der Waals surface area contributed by atoms with Crippen LogP contribution in [0.1, 0.15) is 47.9 Å². The SMILES string of the molecule is CCc1ccc(CC2CCC2c2ccc3c(c2)OCC3)cc1. The summed E-state index contributed by atoms with van der Waals surface area (Å²) in [5, 5.41) is 0. The quantitative estimate of drug-likeness (QED) is 0.777. The van der Waals surface area contributed by atoms with E-state index in [1.165, 1.54) is 41.5 Å². The number of hydrogen-bond donors (Lipinski definition) is 0. The second-order valence-electron chi connectivity index (χ2n) is 6.78. The average molecular weight is 292 g/mol. The summed E-state index contributed by atoms with van der Waals surface area (Å²) in [6.45, 7) is 3.07. The minimum atomic E-state index is 0.723. The normalized spacial score (nSPS) is 22.8. The molecule has 0 amide bonds. The van der Waals surface area contributed by atoms with Gasteiger partial charge < -0.3 is 4.74 Å². The predicted octanol–water partition coefficient (Wildman–Crippen LogP) is 4.92. The molecule has 22 heavy (non-hydrogen) atoms. The molecular weight excluding hydrogens is 268 g/mol. The van der Waals surface area contributed by atoms with E-state index in [0.717, 1.165) is 37.0 Å². The molecule has 0 aromatic heterocycles. The van der Waals surface area contributed by atoms with Gasteiger partial charge in [-0.15, -0.1) is 0 Å². The van der Waals surface area contributed by atoms with Crippen LogP contribution >= 0.6 is 0 Å². The van der Waals surface area contributed by atoms with Crippen LogP contribution in [-0.2, 0) is 19.3 Å². The van der Waals surface area contributed by atoms with Crippen molar-refractivity contribution in [2.75, 3.05) is 6.61 Å². The second-order valence-corrected chi connectivity index (χ2v) is 6.78. The first-order chi connectivity index (χ1) is 10.8. The lowest BCUT2D eigenvalue weighted by Gasteiger charge is -2.37. The van der Waals surface area contributed by atoms with Crippen molar-refractivity contribution in [3.8, 4) is 5.75 Å². The lowest BCUT2D eigenvalue weighted by molar-refractivity contribution is 0.253. The monoisotopic (exact) mass is 292 g/mol. The molecule has 2 aliphatic rings. The Balaban J connectivity index is 1.47. The summed E-state index contributed by atoms with van der Waals surface area (Å²) in [4.78, 5) is 0. The number of hydrogen-bond acceptors (Lipinski definition) is 1. The van der Waals surface area contributed by atoms with Gasteiger partial charge in [0, 0.05) is 6.42 Å². The van der Waals surface area contributed by atoms with Crippen molar-refractivity contribution in [3.63, 3.8) is 0 Å². The lowest BCUT2D eigenvalue weighted by atomic mass is 9.67. The molecule has 0 saturated heterocycles. The maximum atomic E-state index is 5.74. The van der Waals surface area contributed by atoms with Gasteiger partial charge in [-0.1, -0.05) is 43.3 Å². The van der Waals surface area contributed by atoms with Crippen LogP contribution in [0.25, 0.3) is 0 Å². The van der Waals surface area contributed by atoms with E-state index in [1.54, 1.807) is 0 Å². The molecule has 0 spiro atoms. The highest BCUT2D eigenvalue weighted by atomic mass is 16.5. The van der Waals surface area contributed by atoms with Gasteiger partial charge in [-0.05, 0) is 65.8 Å². The van der Waals surface area contributed by atoms with Crippen LogP contribution in [0.3, 0.4) is 0 Å². The van der Waals surface area contributed by atoms with E-state index in [4.69, 9.17) is 4.74 Å². The predicted molar refractivity (Wildman–Crippen MR) is 90.6 cm³/mol. The van der Waals surface area contributed by atoms with Crippen LogP contribution in [0.5, 0.6) is 5.75 Å². The molecule has 1 heteroatoms. The van der Waals surface area contributed by atoms with E-state index in [0.29, 0.717) is 0 Å². The van der Waals surface area contributed by atoms with Crippen LogP contribution in [-0.4, -0.2) is 6.61 Å². The molecule has 114 valence electrons. The van der Waals surface area contributed by atoms with E-state index >= 15 is 0 Å². The third-order valence-electron chi connectivity index (χ3n) is 5.49. The molecule has 1 aliphatic carbocycles. The Labute approximate surface area is 133 Å². The molecule has 2 unspecified atom stereocenters. The molecule has 1 heterocycles. The summed E-state index contributed by atoms with van der Waals surface area (Å²) in [7, 11) is 0. The van der Waals surface area contributed by atoms with Gasteiger partial charge in [-0.25, -0.2) is 0 Å². The maximum Gasteiger partial charge on any atom is 0.122 e. The summed E-state index contributed by atoms with van der Waals surface area (Å²) in [5.74, 6) is 2.66. The zero-order chi connectivity index (χ0) is 14.9. The molecule has 2 aromatic carbocycles. The summed E-state index contributed by atoms with van der Waals surface area (Å²) >= 11 is 0. The molecular formula is C21H24O. The first-order valence-electron chi connectivity index (χ1n) is 8.67. The molecule has 1 fully saturated rings. The molecule has 4 rings (SSSR count). The Bertz CT molecular complexity index is 656. The smallest absolute Gasteiger partial charge is 0.122 e. The Morgan fingerprint density at radius 1 is 1.00 bits per heavy atom. The summed E-state index contributed by atoms with van der Waals surface area (Å²) < 4.78 is 5.74. The van der Waals surface area contributed by atoms with Crippen molar-refractivity contribution in [1.29, 1.82) is 0 Å². The molecule has 1 aliphatic heterocycles. The standard InChI is InChI=1S/C21H24O/c1-2-15-3-5-16(6-4-15)13-18-9-10-20(18)19-8-7-17-11-12-22-21(17)14-19/h3-8,14,18,20H,2,9-13H2,1H3. The Hall–Kier alpha value is -1.76. The summed E-state index contributed by atoms with van der Waals surface area (Å²) in [6.07, 6.45) is 6.11. The minimum Gasteiger partial charge on any atom is -0.493 e. The van der Waals surface area contributed by atoms with Crippen LogP contribution in [0.2, 0.25) is 0 Å². The molecule has 0 N–H and O–H groups in total. The van der Waals surface area contributed by atoms with Crippen LogP contribution in [0, 0.1) is 5.92 Å². The van der Waals surface area contributed by atoms with Crippen molar-refractivity contribution in [2.45, 2.75) is 44.9 Å². The largest absolute Gasteiger partial charge is 0.493 e. The average Bonchev–Trinajstić information content (AvgIpc) is 3.00. The van der Waals surface area contributed by atoms with Crippen molar-refractivity contribution in [1.82, 2.24) is 0 Å². The van der Waals surface area contributed by atoms with Gasteiger partial charge in [0.05, 0.1) is 6.61 Å². The van der Waals surface area contributed by atoms with Crippen LogP contribution < -0.4 is 4.74 Å². The second kappa shape index (κ2) is 5.79. The Morgan fingerprint density at radius 3 is 2.55 bits per heavy atom. The van der Waals surface area contributed by atoms with Crippen LogP contribution in [0.15, 0.2) is 42.5 Å². The lowest BCUT2D eigenvalue weighted by Crippen LogP contribution is -2.25. The fourth-order valence-corrected chi connectivity index (χ4v) is 3.88. The number of rotatable bonds is 4. The summed E-state index contributed by atoms with van der Waals surface area (Å²) in [6, 6.07) is 16.1. The van der Waals surface area contributed by atoms with Crippen molar-refractivity contribution in [2.24, 2.45) is 5.92 Å². The number of ether oxygens (including phenoxy) is 1. The van der Waals surface area contributed by atoms with Crippen molar-refractivity contribution in [3.05, 3.63) is 64.7 Å². The Morgan fingerprint density at radius 2 is 1.82 bits per heavy atom. The van der Waals surface area contributed by atoms with E-state index in [9.17, 15) is 0 Å². The number of aryl methyl sites for hydroxylation is 1. The summed E-state index contributed by atoms with van der Waals surface area (Å²) in [5.41, 5.74) is 5.80. The molecule has 0 bridgehead atoms. The van der Waals surface area contributed by atoms with Gasteiger partial charge in [0.25, 0.3) is 0 Å². The molecule has 2 aromatic rings. The van der Waals surface area contributed by atoms with Gasteiger partial charge in [-0.3, -0.25) is 0 Å². The highest BCUT2D eigenvalue weighted by Gasteiger charge is 2.32. The minimum absolute atomic E-state index is 0.723. The van der Waals surface area contributed by atoms with E-state index in [1.807, 2.05) is 0 Å². The van der Waals surface area contributed by atoms with Gasteiger partial charge in [0.2, 0.25) is 0 Å². The number of fused-ring (bicyclic) bond motifs is 1. The first-order valence-corrected chi connectivity index (χ1v) is 8.67. The zero-order valence-electron chi connectivity index (χ0n) is 13.3. The fourth-order valence-electron chi connectivity index (χ4n) is 3.88.